The lowest BCUT2D eigenvalue weighted by atomic mass is 10.4. The molecule has 1 unspecified atom stereocenters. The SMILES string of the molecule is CCOC(=O)OC1CCC(=O)O1. The van der Waals surface area contributed by atoms with E-state index in [0.717, 1.165) is 0 Å². The van der Waals surface area contributed by atoms with E-state index in [2.05, 4.69) is 14.2 Å². The van der Waals surface area contributed by atoms with E-state index in [1.54, 1.807) is 6.92 Å². The quantitative estimate of drug-likeness (QED) is 0.580. The van der Waals surface area contributed by atoms with Gasteiger partial charge in [0, 0.05) is 6.42 Å². The Bertz CT molecular complexity index is 188. The van der Waals surface area contributed by atoms with E-state index in [4.69, 9.17) is 0 Å². The zero-order chi connectivity index (χ0) is 8.97. The highest BCUT2D eigenvalue weighted by Gasteiger charge is 2.26. The minimum atomic E-state index is -0.794. The first-order valence-corrected chi connectivity index (χ1v) is 3.75. The number of hydrogen-bond acceptors (Lipinski definition) is 5. The van der Waals surface area contributed by atoms with E-state index >= 15 is 0 Å². The van der Waals surface area contributed by atoms with E-state index < -0.39 is 12.4 Å². The third-order valence-corrected chi connectivity index (χ3v) is 1.34. The fraction of sp³-hybridized carbons (Fsp3) is 0.714. The summed E-state index contributed by atoms with van der Waals surface area (Å²) in [4.78, 5) is 21.2. The van der Waals surface area contributed by atoms with Crippen molar-refractivity contribution in [2.45, 2.75) is 26.1 Å². The second-order valence-electron chi connectivity index (χ2n) is 2.26. The van der Waals surface area contributed by atoms with Crippen molar-refractivity contribution in [3.8, 4) is 0 Å². The first-order valence-electron chi connectivity index (χ1n) is 3.75. The van der Waals surface area contributed by atoms with Gasteiger partial charge in [0.1, 0.15) is 0 Å². The molecule has 12 heavy (non-hydrogen) atoms. The molecule has 0 aromatic carbocycles. The van der Waals surface area contributed by atoms with Crippen LogP contribution in [0.25, 0.3) is 0 Å². The summed E-state index contributed by atoms with van der Waals surface area (Å²) in [6.45, 7) is 1.92. The lowest BCUT2D eigenvalue weighted by Gasteiger charge is -2.09. The molecule has 1 aliphatic rings. The Hall–Kier alpha value is -1.26. The van der Waals surface area contributed by atoms with Gasteiger partial charge in [-0.25, -0.2) is 4.79 Å². The van der Waals surface area contributed by atoms with Crippen molar-refractivity contribution in [2.24, 2.45) is 0 Å². The predicted molar refractivity (Wildman–Crippen MR) is 37.2 cm³/mol. The summed E-state index contributed by atoms with van der Waals surface area (Å²) < 4.78 is 13.7. The molecule has 1 fully saturated rings. The maximum atomic E-state index is 10.7. The minimum Gasteiger partial charge on any atom is -0.435 e. The predicted octanol–water partition coefficient (Wildman–Crippen LogP) is 0.823. The fourth-order valence-corrected chi connectivity index (χ4v) is 0.842. The van der Waals surface area contributed by atoms with Gasteiger partial charge >= 0.3 is 12.1 Å². The van der Waals surface area contributed by atoms with Crippen molar-refractivity contribution in [1.82, 2.24) is 0 Å². The Morgan fingerprint density at radius 1 is 1.75 bits per heavy atom. The Morgan fingerprint density at radius 3 is 3.00 bits per heavy atom. The maximum absolute atomic E-state index is 10.7. The van der Waals surface area contributed by atoms with Gasteiger partial charge in [-0.1, -0.05) is 0 Å². The van der Waals surface area contributed by atoms with Gasteiger partial charge in [0.2, 0.25) is 0 Å². The largest absolute Gasteiger partial charge is 0.511 e. The number of ether oxygens (including phenoxy) is 3. The molecular formula is C7H10O5. The molecule has 0 amide bonds. The Kier molecular flexibility index (Phi) is 2.90. The average molecular weight is 174 g/mol. The smallest absolute Gasteiger partial charge is 0.435 e. The monoisotopic (exact) mass is 174 g/mol. The standard InChI is InChI=1S/C7H10O5/c1-2-10-7(9)12-6-4-3-5(8)11-6/h6H,2-4H2,1H3. The Balaban J connectivity index is 2.23. The average Bonchev–Trinajstić information content (AvgIpc) is 2.36. The molecule has 5 heteroatoms. The molecule has 1 aliphatic heterocycles. The normalized spacial score (nSPS) is 21.8. The van der Waals surface area contributed by atoms with Crippen molar-refractivity contribution in [1.29, 1.82) is 0 Å². The molecule has 5 nitrogen and oxygen atoms in total. The highest BCUT2D eigenvalue weighted by molar-refractivity contribution is 5.71. The minimum absolute atomic E-state index is 0.250. The van der Waals surface area contributed by atoms with Crippen LogP contribution in [0.5, 0.6) is 0 Å². The van der Waals surface area contributed by atoms with Crippen LogP contribution in [0.15, 0.2) is 0 Å². The van der Waals surface area contributed by atoms with Crippen molar-refractivity contribution in [3.05, 3.63) is 0 Å². The summed E-state index contributed by atoms with van der Waals surface area (Å²) in [6.07, 6.45) is -0.837. The van der Waals surface area contributed by atoms with E-state index in [1.165, 1.54) is 0 Å². The van der Waals surface area contributed by atoms with Crippen molar-refractivity contribution >= 4 is 12.1 Å². The molecular weight excluding hydrogens is 164 g/mol. The molecule has 1 heterocycles. The van der Waals surface area contributed by atoms with Gasteiger partial charge in [0.15, 0.2) is 0 Å². The van der Waals surface area contributed by atoms with E-state index in [0.29, 0.717) is 12.8 Å². The van der Waals surface area contributed by atoms with Crippen LogP contribution in [-0.2, 0) is 19.0 Å². The van der Waals surface area contributed by atoms with E-state index in [9.17, 15) is 9.59 Å². The summed E-state index contributed by atoms with van der Waals surface area (Å²) in [5.74, 6) is -0.343. The highest BCUT2D eigenvalue weighted by Crippen LogP contribution is 2.15. The van der Waals surface area contributed by atoms with Gasteiger partial charge in [0.05, 0.1) is 13.0 Å². The van der Waals surface area contributed by atoms with Crippen molar-refractivity contribution in [3.63, 3.8) is 0 Å². The molecule has 0 radical (unpaired) electrons. The molecule has 1 saturated heterocycles. The van der Waals surface area contributed by atoms with Crippen LogP contribution in [-0.4, -0.2) is 25.0 Å². The van der Waals surface area contributed by atoms with Crippen LogP contribution in [0.2, 0.25) is 0 Å². The van der Waals surface area contributed by atoms with Crippen LogP contribution in [0, 0.1) is 0 Å². The van der Waals surface area contributed by atoms with Gasteiger partial charge in [-0.05, 0) is 6.92 Å². The number of rotatable bonds is 2. The maximum Gasteiger partial charge on any atom is 0.511 e. The van der Waals surface area contributed by atoms with Crippen LogP contribution in [0.1, 0.15) is 19.8 Å². The molecule has 0 aromatic heterocycles. The second-order valence-corrected chi connectivity index (χ2v) is 2.26. The summed E-state index contributed by atoms with van der Waals surface area (Å²) in [5.41, 5.74) is 0. The lowest BCUT2D eigenvalue weighted by molar-refractivity contribution is -0.156. The van der Waals surface area contributed by atoms with Crippen molar-refractivity contribution in [2.75, 3.05) is 6.61 Å². The van der Waals surface area contributed by atoms with E-state index in [-0.39, 0.29) is 12.6 Å². The topological polar surface area (TPSA) is 61.8 Å². The zero-order valence-electron chi connectivity index (χ0n) is 6.74. The fourth-order valence-electron chi connectivity index (χ4n) is 0.842. The molecule has 0 saturated carbocycles. The number of hydrogen-bond donors (Lipinski definition) is 0. The molecule has 0 N–H and O–H groups in total. The summed E-state index contributed by atoms with van der Waals surface area (Å²) in [7, 11) is 0. The molecule has 68 valence electrons. The Labute approximate surface area is 69.6 Å². The summed E-state index contributed by atoms with van der Waals surface area (Å²) >= 11 is 0. The van der Waals surface area contributed by atoms with Gasteiger partial charge in [-0.3, -0.25) is 4.79 Å². The van der Waals surface area contributed by atoms with Gasteiger partial charge < -0.3 is 14.2 Å². The number of carbonyl (C=O) groups excluding carboxylic acids is 2. The molecule has 0 bridgehead atoms. The van der Waals surface area contributed by atoms with Crippen molar-refractivity contribution < 1.29 is 23.8 Å². The third kappa shape index (κ3) is 2.41. The summed E-state index contributed by atoms with van der Waals surface area (Å²) in [6, 6.07) is 0. The first-order chi connectivity index (χ1) is 5.72. The van der Waals surface area contributed by atoms with Crippen LogP contribution >= 0.6 is 0 Å². The molecule has 0 aliphatic carbocycles. The van der Waals surface area contributed by atoms with Gasteiger partial charge in [-0.2, -0.15) is 0 Å². The highest BCUT2D eigenvalue weighted by atomic mass is 16.8. The van der Waals surface area contributed by atoms with Gasteiger partial charge in [0.25, 0.3) is 6.29 Å². The Morgan fingerprint density at radius 2 is 2.50 bits per heavy atom. The second kappa shape index (κ2) is 3.94. The first kappa shape index (κ1) is 8.83. The molecule has 1 rings (SSSR count). The molecule has 1 atom stereocenters. The molecule has 0 aromatic rings. The lowest BCUT2D eigenvalue weighted by Crippen LogP contribution is -2.18. The number of esters is 1. The van der Waals surface area contributed by atoms with Crippen LogP contribution in [0.4, 0.5) is 4.79 Å². The number of carbonyl (C=O) groups is 2. The van der Waals surface area contributed by atoms with Crippen LogP contribution in [0.3, 0.4) is 0 Å². The number of cyclic esters (lactones) is 1. The summed E-state index contributed by atoms with van der Waals surface area (Å²) in [5, 5.41) is 0. The zero-order valence-corrected chi connectivity index (χ0v) is 6.74. The molecule has 0 spiro atoms. The van der Waals surface area contributed by atoms with Gasteiger partial charge in [-0.15, -0.1) is 0 Å². The third-order valence-electron chi connectivity index (χ3n) is 1.34. The van der Waals surface area contributed by atoms with Crippen LogP contribution < -0.4 is 0 Å². The van der Waals surface area contributed by atoms with E-state index in [1.807, 2.05) is 0 Å².